The lowest BCUT2D eigenvalue weighted by Crippen LogP contribution is -2.40. The Morgan fingerprint density at radius 3 is 2.25 bits per heavy atom. The van der Waals surface area contributed by atoms with Crippen molar-refractivity contribution in [1.82, 2.24) is 9.80 Å². The summed E-state index contributed by atoms with van der Waals surface area (Å²) in [6, 6.07) is 0.793. The van der Waals surface area contributed by atoms with Crippen LogP contribution in [0.4, 0.5) is 0 Å². The quantitative estimate of drug-likeness (QED) is 0.423. The van der Waals surface area contributed by atoms with Crippen LogP contribution in [0.1, 0.15) is 64.7 Å². The lowest BCUT2D eigenvalue weighted by atomic mass is 10.1. The summed E-state index contributed by atoms with van der Waals surface area (Å²) in [5.74, 6) is 0. The van der Waals surface area contributed by atoms with Gasteiger partial charge in [0.1, 0.15) is 0 Å². The zero-order valence-corrected chi connectivity index (χ0v) is 15.3. The van der Waals surface area contributed by atoms with Gasteiger partial charge >= 0.3 is 0 Å². The number of nitrogens with zero attached hydrogens (tertiary/aromatic N) is 2. The normalized spacial score (nSPS) is 22.1. The van der Waals surface area contributed by atoms with Crippen LogP contribution in [0.5, 0.6) is 0 Å². The molecule has 0 spiro atoms. The highest BCUT2D eigenvalue weighted by atomic mass is 79.9. The molecular formula is C17H35BrN2. The van der Waals surface area contributed by atoms with Gasteiger partial charge < -0.3 is 4.90 Å². The lowest BCUT2D eigenvalue weighted by molar-refractivity contribution is 0.180. The second kappa shape index (κ2) is 12.0. The minimum atomic E-state index is 0.793. The van der Waals surface area contributed by atoms with Gasteiger partial charge in [-0.2, -0.15) is 0 Å². The summed E-state index contributed by atoms with van der Waals surface area (Å²) in [4.78, 5) is 5.27. The van der Waals surface area contributed by atoms with Crippen molar-refractivity contribution >= 4 is 15.9 Å². The Labute approximate surface area is 135 Å². The van der Waals surface area contributed by atoms with Gasteiger partial charge in [0.05, 0.1) is 0 Å². The Morgan fingerprint density at radius 1 is 0.950 bits per heavy atom. The molecule has 1 fully saturated rings. The summed E-state index contributed by atoms with van der Waals surface area (Å²) in [5, 5.41) is 1.18. The third kappa shape index (κ3) is 7.99. The van der Waals surface area contributed by atoms with Crippen LogP contribution in [-0.4, -0.2) is 54.4 Å². The predicted molar refractivity (Wildman–Crippen MR) is 93.9 cm³/mol. The van der Waals surface area contributed by atoms with Crippen LogP contribution in [0.15, 0.2) is 0 Å². The summed E-state index contributed by atoms with van der Waals surface area (Å²) in [6.07, 6.45) is 12.5. The number of unbranched alkanes of at least 4 members (excludes halogenated alkanes) is 6. The molecule has 1 saturated heterocycles. The number of alkyl halides is 1. The molecule has 0 aliphatic carbocycles. The molecular weight excluding hydrogens is 312 g/mol. The van der Waals surface area contributed by atoms with Gasteiger partial charge in [-0.15, -0.1) is 0 Å². The second-order valence-corrected chi connectivity index (χ2v) is 7.17. The third-order valence-electron chi connectivity index (χ3n) is 4.57. The van der Waals surface area contributed by atoms with Crippen molar-refractivity contribution in [2.24, 2.45) is 0 Å². The van der Waals surface area contributed by atoms with Gasteiger partial charge in [0, 0.05) is 17.9 Å². The molecule has 1 atom stereocenters. The van der Waals surface area contributed by atoms with Crippen LogP contribution in [0, 0.1) is 0 Å². The minimum absolute atomic E-state index is 0.793. The lowest BCUT2D eigenvalue weighted by Gasteiger charge is -2.30. The first kappa shape index (κ1) is 18.4. The first-order chi connectivity index (χ1) is 9.77. The van der Waals surface area contributed by atoms with Crippen molar-refractivity contribution in [3.63, 3.8) is 0 Å². The minimum Gasteiger partial charge on any atom is -0.305 e. The van der Waals surface area contributed by atoms with Crippen molar-refractivity contribution < 1.29 is 0 Å². The molecule has 1 aliphatic heterocycles. The molecule has 0 N–H and O–H groups in total. The zero-order valence-electron chi connectivity index (χ0n) is 13.7. The summed E-state index contributed by atoms with van der Waals surface area (Å²) in [5.41, 5.74) is 0. The molecule has 1 unspecified atom stereocenters. The van der Waals surface area contributed by atoms with E-state index in [1.807, 2.05) is 0 Å². The van der Waals surface area contributed by atoms with Gasteiger partial charge in [0.2, 0.25) is 0 Å². The Hall–Kier alpha value is 0.400. The standard InChI is InChI=1S/C17H35BrN2/c1-3-17-16-19(2)13-11-15-20(17)14-10-8-6-4-5-7-9-12-18/h17H,3-16H2,1-2H3. The molecule has 2 nitrogen and oxygen atoms in total. The fraction of sp³-hybridized carbons (Fsp3) is 1.00. The van der Waals surface area contributed by atoms with Gasteiger partial charge in [-0.3, -0.25) is 4.90 Å². The highest BCUT2D eigenvalue weighted by Gasteiger charge is 2.20. The van der Waals surface area contributed by atoms with Gasteiger partial charge in [-0.1, -0.05) is 55.0 Å². The van der Waals surface area contributed by atoms with E-state index in [4.69, 9.17) is 0 Å². The van der Waals surface area contributed by atoms with Crippen LogP contribution >= 0.6 is 15.9 Å². The largest absolute Gasteiger partial charge is 0.305 e. The van der Waals surface area contributed by atoms with E-state index in [2.05, 4.69) is 39.7 Å². The Bertz CT molecular complexity index is 223. The fourth-order valence-electron chi connectivity index (χ4n) is 3.27. The van der Waals surface area contributed by atoms with Crippen LogP contribution in [0.3, 0.4) is 0 Å². The average Bonchev–Trinajstić information content (AvgIpc) is 2.63. The van der Waals surface area contributed by atoms with Crippen molar-refractivity contribution in [3.05, 3.63) is 0 Å². The van der Waals surface area contributed by atoms with Gasteiger partial charge in [0.15, 0.2) is 0 Å². The van der Waals surface area contributed by atoms with Crippen molar-refractivity contribution in [1.29, 1.82) is 0 Å². The van der Waals surface area contributed by atoms with E-state index in [0.717, 1.165) is 6.04 Å². The molecule has 3 heteroatoms. The van der Waals surface area contributed by atoms with Gasteiger partial charge in [-0.25, -0.2) is 0 Å². The fourth-order valence-corrected chi connectivity index (χ4v) is 3.66. The summed E-state index contributed by atoms with van der Waals surface area (Å²) in [6.45, 7) is 7.53. The first-order valence-electron chi connectivity index (χ1n) is 8.76. The van der Waals surface area contributed by atoms with Crippen LogP contribution in [-0.2, 0) is 0 Å². The van der Waals surface area contributed by atoms with Crippen LogP contribution in [0.25, 0.3) is 0 Å². The highest BCUT2D eigenvalue weighted by Crippen LogP contribution is 2.14. The first-order valence-corrected chi connectivity index (χ1v) is 9.88. The Morgan fingerprint density at radius 2 is 1.60 bits per heavy atom. The molecule has 1 rings (SSSR count). The van der Waals surface area contributed by atoms with E-state index in [1.54, 1.807) is 0 Å². The zero-order chi connectivity index (χ0) is 14.6. The maximum atomic E-state index is 3.50. The molecule has 0 amide bonds. The van der Waals surface area contributed by atoms with Crippen LogP contribution < -0.4 is 0 Å². The molecule has 20 heavy (non-hydrogen) atoms. The maximum absolute atomic E-state index is 3.50. The molecule has 1 heterocycles. The van der Waals surface area contributed by atoms with E-state index in [9.17, 15) is 0 Å². The van der Waals surface area contributed by atoms with E-state index >= 15 is 0 Å². The SMILES string of the molecule is CCC1CN(C)CCCN1CCCCCCCCCBr. The summed E-state index contributed by atoms with van der Waals surface area (Å²) in [7, 11) is 2.28. The molecule has 120 valence electrons. The molecule has 1 aliphatic rings. The molecule has 0 radical (unpaired) electrons. The van der Waals surface area contributed by atoms with Crippen molar-refractivity contribution in [2.45, 2.75) is 70.8 Å². The molecule has 0 bridgehead atoms. The van der Waals surface area contributed by atoms with Gasteiger partial charge in [0.25, 0.3) is 0 Å². The Balaban J connectivity index is 2.07. The second-order valence-electron chi connectivity index (χ2n) is 6.38. The topological polar surface area (TPSA) is 6.48 Å². The van der Waals surface area contributed by atoms with E-state index in [-0.39, 0.29) is 0 Å². The molecule has 0 aromatic carbocycles. The molecule has 0 aromatic heterocycles. The number of hydrogen-bond donors (Lipinski definition) is 0. The summed E-state index contributed by atoms with van der Waals surface area (Å²) >= 11 is 3.50. The number of likely N-dealkylation sites (N-methyl/N-ethyl adjacent to an activating group) is 1. The van der Waals surface area contributed by atoms with Gasteiger partial charge in [-0.05, 0) is 52.4 Å². The van der Waals surface area contributed by atoms with Crippen molar-refractivity contribution in [3.8, 4) is 0 Å². The Kier molecular flexibility index (Phi) is 11.1. The van der Waals surface area contributed by atoms with E-state index in [1.165, 1.54) is 89.3 Å². The molecule has 0 saturated carbocycles. The molecule has 0 aromatic rings. The third-order valence-corrected chi connectivity index (χ3v) is 5.13. The smallest absolute Gasteiger partial charge is 0.0220 e. The monoisotopic (exact) mass is 346 g/mol. The van der Waals surface area contributed by atoms with Crippen molar-refractivity contribution in [2.75, 3.05) is 38.6 Å². The summed E-state index contributed by atoms with van der Waals surface area (Å²) < 4.78 is 0. The number of halogens is 1. The average molecular weight is 347 g/mol. The number of hydrogen-bond acceptors (Lipinski definition) is 2. The maximum Gasteiger partial charge on any atom is 0.0220 e. The van der Waals surface area contributed by atoms with E-state index in [0.29, 0.717) is 0 Å². The highest BCUT2D eigenvalue weighted by molar-refractivity contribution is 9.09. The van der Waals surface area contributed by atoms with Crippen LogP contribution in [0.2, 0.25) is 0 Å². The van der Waals surface area contributed by atoms with E-state index < -0.39 is 0 Å². The number of rotatable bonds is 10. The predicted octanol–water partition coefficient (Wildman–Crippen LogP) is 4.53.